The number of urea groups is 1. The first kappa shape index (κ1) is 14.6. The largest absolute Gasteiger partial charge is 0.323 e. The van der Waals surface area contributed by atoms with Gasteiger partial charge in [0.05, 0.1) is 0 Å². The van der Waals surface area contributed by atoms with E-state index in [0.29, 0.717) is 15.7 Å². The third-order valence-corrected chi connectivity index (χ3v) is 2.73. The fourth-order valence-corrected chi connectivity index (χ4v) is 2.02. The summed E-state index contributed by atoms with van der Waals surface area (Å²) in [7, 11) is 0. The molecule has 2 aromatic carbocycles. The molecule has 20 heavy (non-hydrogen) atoms. The van der Waals surface area contributed by atoms with Gasteiger partial charge in [-0.05, 0) is 30.3 Å². The minimum Gasteiger partial charge on any atom is -0.308 e. The molecule has 0 fully saturated rings. The van der Waals surface area contributed by atoms with E-state index in [4.69, 9.17) is 23.2 Å². The van der Waals surface area contributed by atoms with Crippen molar-refractivity contribution in [2.24, 2.45) is 0 Å². The molecule has 0 aliphatic carbocycles. The normalized spacial score (nSPS) is 10.2. The summed E-state index contributed by atoms with van der Waals surface area (Å²) < 4.78 is 25.7. The number of carbonyl (C=O) groups excluding carboxylic acids is 1. The molecule has 0 bridgehead atoms. The Morgan fingerprint density at radius 1 is 0.850 bits per heavy atom. The predicted octanol–water partition coefficient (Wildman–Crippen LogP) is 4.92. The first-order chi connectivity index (χ1) is 9.44. The summed E-state index contributed by atoms with van der Waals surface area (Å²) in [6, 6.07) is 6.91. The van der Waals surface area contributed by atoms with Gasteiger partial charge in [0.25, 0.3) is 0 Å². The highest BCUT2D eigenvalue weighted by molar-refractivity contribution is 6.35. The van der Waals surface area contributed by atoms with Crippen LogP contribution in [0, 0.1) is 11.6 Å². The summed E-state index contributed by atoms with van der Waals surface area (Å²) in [6.45, 7) is 0. The zero-order valence-corrected chi connectivity index (χ0v) is 11.4. The highest BCUT2D eigenvalue weighted by atomic mass is 35.5. The third-order valence-electron chi connectivity index (χ3n) is 2.30. The summed E-state index contributed by atoms with van der Waals surface area (Å²) >= 11 is 11.6. The van der Waals surface area contributed by atoms with Gasteiger partial charge in [-0.25, -0.2) is 13.6 Å². The molecular weight excluding hydrogens is 309 g/mol. The fraction of sp³-hybridized carbons (Fsp3) is 0. The monoisotopic (exact) mass is 316 g/mol. The number of amides is 2. The topological polar surface area (TPSA) is 41.1 Å². The molecule has 2 amide bonds. The molecule has 2 aromatic rings. The first-order valence-electron chi connectivity index (χ1n) is 5.43. The molecule has 2 N–H and O–H groups in total. The number of hydrogen-bond donors (Lipinski definition) is 2. The van der Waals surface area contributed by atoms with Crippen molar-refractivity contribution >= 4 is 40.6 Å². The van der Waals surface area contributed by atoms with Crippen LogP contribution in [-0.2, 0) is 0 Å². The molecule has 2 rings (SSSR count). The zero-order valence-electron chi connectivity index (χ0n) is 9.88. The minimum atomic E-state index is -1.05. The van der Waals surface area contributed by atoms with Crippen LogP contribution in [0.1, 0.15) is 0 Å². The Labute approximate surface area is 123 Å². The lowest BCUT2D eigenvalue weighted by atomic mass is 10.3. The molecule has 7 heteroatoms. The summed E-state index contributed by atoms with van der Waals surface area (Å²) in [5.41, 5.74) is 0.497. The molecule has 0 aliphatic rings. The second-order valence-electron chi connectivity index (χ2n) is 3.87. The number of nitrogens with one attached hydrogen (secondary N) is 2. The maximum Gasteiger partial charge on any atom is 0.323 e. The second-order valence-corrected chi connectivity index (χ2v) is 4.74. The molecule has 0 spiro atoms. The first-order valence-corrected chi connectivity index (χ1v) is 6.19. The van der Waals surface area contributed by atoms with Crippen LogP contribution in [0.25, 0.3) is 0 Å². The second kappa shape index (κ2) is 6.07. The van der Waals surface area contributed by atoms with E-state index in [1.54, 1.807) is 0 Å². The molecule has 0 aliphatic heterocycles. The third kappa shape index (κ3) is 3.82. The van der Waals surface area contributed by atoms with Crippen LogP contribution in [-0.4, -0.2) is 6.03 Å². The van der Waals surface area contributed by atoms with Gasteiger partial charge in [-0.15, -0.1) is 0 Å². The van der Waals surface area contributed by atoms with Crippen molar-refractivity contribution in [2.75, 3.05) is 10.6 Å². The number of hydrogen-bond acceptors (Lipinski definition) is 1. The van der Waals surface area contributed by atoms with Gasteiger partial charge < -0.3 is 10.6 Å². The van der Waals surface area contributed by atoms with Gasteiger partial charge in [-0.2, -0.15) is 0 Å². The molecule has 0 saturated carbocycles. The van der Waals surface area contributed by atoms with E-state index in [1.165, 1.54) is 24.3 Å². The Hall–Kier alpha value is -1.85. The molecule has 3 nitrogen and oxygen atoms in total. The van der Waals surface area contributed by atoms with Gasteiger partial charge in [-0.3, -0.25) is 0 Å². The quantitative estimate of drug-likeness (QED) is 0.811. The van der Waals surface area contributed by atoms with Gasteiger partial charge >= 0.3 is 6.03 Å². The van der Waals surface area contributed by atoms with Crippen LogP contribution in [0.3, 0.4) is 0 Å². The SMILES string of the molecule is O=C(Nc1cc(Cl)cc(Cl)c1)Nc1ccc(F)c(F)c1. The van der Waals surface area contributed by atoms with E-state index in [2.05, 4.69) is 10.6 Å². The Morgan fingerprint density at radius 3 is 2.05 bits per heavy atom. The highest BCUT2D eigenvalue weighted by Gasteiger charge is 2.07. The average molecular weight is 317 g/mol. The lowest BCUT2D eigenvalue weighted by Crippen LogP contribution is -2.19. The number of benzene rings is 2. The van der Waals surface area contributed by atoms with Crippen LogP contribution in [0.5, 0.6) is 0 Å². The van der Waals surface area contributed by atoms with E-state index in [0.717, 1.165) is 12.1 Å². The Morgan fingerprint density at radius 2 is 1.45 bits per heavy atom. The summed E-state index contributed by atoms with van der Waals surface area (Å²) in [5, 5.41) is 5.55. The Kier molecular flexibility index (Phi) is 4.42. The molecule has 0 atom stereocenters. The standard InChI is InChI=1S/C13H8Cl2F2N2O/c14-7-3-8(15)5-10(4-7)19-13(20)18-9-1-2-11(16)12(17)6-9/h1-6H,(H2,18,19,20). The van der Waals surface area contributed by atoms with Crippen molar-refractivity contribution in [3.05, 3.63) is 58.1 Å². The van der Waals surface area contributed by atoms with Crippen molar-refractivity contribution in [1.82, 2.24) is 0 Å². The minimum absolute atomic E-state index is 0.120. The van der Waals surface area contributed by atoms with Crippen LogP contribution in [0.4, 0.5) is 25.0 Å². The van der Waals surface area contributed by atoms with Crippen LogP contribution < -0.4 is 10.6 Å². The van der Waals surface area contributed by atoms with E-state index in [-0.39, 0.29) is 5.69 Å². The van der Waals surface area contributed by atoms with Crippen molar-refractivity contribution in [1.29, 1.82) is 0 Å². The van der Waals surface area contributed by atoms with Crippen LogP contribution in [0.2, 0.25) is 10.0 Å². The van der Waals surface area contributed by atoms with E-state index in [1.807, 2.05) is 0 Å². The van der Waals surface area contributed by atoms with Gasteiger partial charge in [0.15, 0.2) is 11.6 Å². The van der Waals surface area contributed by atoms with E-state index < -0.39 is 17.7 Å². The Balaban J connectivity index is 2.06. The summed E-state index contributed by atoms with van der Waals surface area (Å²) in [6.07, 6.45) is 0. The number of anilines is 2. The van der Waals surface area contributed by atoms with Gasteiger partial charge in [0, 0.05) is 27.5 Å². The highest BCUT2D eigenvalue weighted by Crippen LogP contribution is 2.22. The van der Waals surface area contributed by atoms with Gasteiger partial charge in [-0.1, -0.05) is 23.2 Å². The van der Waals surface area contributed by atoms with Crippen molar-refractivity contribution in [2.45, 2.75) is 0 Å². The van der Waals surface area contributed by atoms with E-state index >= 15 is 0 Å². The molecule has 0 unspecified atom stereocenters. The van der Waals surface area contributed by atoms with E-state index in [9.17, 15) is 13.6 Å². The lowest BCUT2D eigenvalue weighted by Gasteiger charge is -2.08. The molecule has 0 saturated heterocycles. The number of carbonyl (C=O) groups is 1. The number of halogens is 4. The average Bonchev–Trinajstić information content (AvgIpc) is 2.32. The maximum absolute atomic E-state index is 13.0. The van der Waals surface area contributed by atoms with Gasteiger partial charge in [0.1, 0.15) is 0 Å². The molecule has 0 radical (unpaired) electrons. The summed E-state index contributed by atoms with van der Waals surface area (Å²) in [5.74, 6) is -2.04. The fourth-order valence-electron chi connectivity index (χ4n) is 1.49. The van der Waals surface area contributed by atoms with Crippen LogP contribution >= 0.6 is 23.2 Å². The zero-order chi connectivity index (χ0) is 14.7. The van der Waals surface area contributed by atoms with Crippen molar-refractivity contribution in [3.8, 4) is 0 Å². The summed E-state index contributed by atoms with van der Waals surface area (Å²) in [4.78, 5) is 11.7. The molecular formula is C13H8Cl2F2N2O. The van der Waals surface area contributed by atoms with Crippen LogP contribution in [0.15, 0.2) is 36.4 Å². The van der Waals surface area contributed by atoms with Crippen molar-refractivity contribution in [3.63, 3.8) is 0 Å². The smallest absolute Gasteiger partial charge is 0.308 e. The Bertz CT molecular complexity index is 645. The molecule has 0 aromatic heterocycles. The lowest BCUT2D eigenvalue weighted by molar-refractivity contribution is 0.262. The van der Waals surface area contributed by atoms with Gasteiger partial charge in [0.2, 0.25) is 0 Å². The maximum atomic E-state index is 13.0. The molecule has 0 heterocycles. The molecule has 104 valence electrons. The predicted molar refractivity (Wildman–Crippen MR) is 75.5 cm³/mol. The van der Waals surface area contributed by atoms with Crippen molar-refractivity contribution < 1.29 is 13.6 Å². The number of rotatable bonds is 2.